The third-order valence-electron chi connectivity index (χ3n) is 2.17. The molecule has 0 spiro atoms. The van der Waals surface area contributed by atoms with Crippen LogP contribution in [0.1, 0.15) is 13.8 Å². The molecular weight excluding hydrogens is 168 g/mol. The summed E-state index contributed by atoms with van der Waals surface area (Å²) in [7, 11) is 0. The molecule has 0 aliphatic carbocycles. The molecule has 3 heteroatoms. The average molecular weight is 180 g/mol. The Labute approximate surface area is 78.1 Å². The molecule has 0 amide bonds. The van der Waals surface area contributed by atoms with Crippen LogP contribution in [-0.2, 0) is 0 Å². The van der Waals surface area contributed by atoms with Gasteiger partial charge in [-0.15, -0.1) is 12.6 Å². The zero-order valence-corrected chi connectivity index (χ0v) is 8.18. The van der Waals surface area contributed by atoms with Gasteiger partial charge in [0, 0.05) is 12.7 Å². The highest BCUT2D eigenvalue weighted by Crippen LogP contribution is 2.33. The molecule has 1 fully saturated rings. The van der Waals surface area contributed by atoms with Crippen molar-refractivity contribution in [1.82, 2.24) is 4.90 Å². The van der Waals surface area contributed by atoms with Gasteiger partial charge in [-0.1, -0.05) is 0 Å². The summed E-state index contributed by atoms with van der Waals surface area (Å²) < 4.78 is 0. The molecule has 0 aromatic rings. The minimum Gasteiger partial charge on any atom is -0.365 e. The Morgan fingerprint density at radius 2 is 2.50 bits per heavy atom. The number of thiol groups is 1. The lowest BCUT2D eigenvalue weighted by Crippen LogP contribution is -2.04. The second kappa shape index (κ2) is 2.66. The van der Waals surface area contributed by atoms with Crippen molar-refractivity contribution in [2.75, 3.05) is 6.54 Å². The fourth-order valence-corrected chi connectivity index (χ4v) is 1.56. The van der Waals surface area contributed by atoms with Gasteiger partial charge in [-0.2, -0.15) is 0 Å². The van der Waals surface area contributed by atoms with Gasteiger partial charge in [0.05, 0.1) is 16.8 Å². The van der Waals surface area contributed by atoms with Gasteiger partial charge in [0.15, 0.2) is 0 Å². The lowest BCUT2D eigenvalue weighted by molar-refractivity contribution is 0.695. The zero-order valence-electron chi connectivity index (χ0n) is 7.28. The molecule has 0 aromatic carbocycles. The van der Waals surface area contributed by atoms with Crippen LogP contribution in [0.25, 0.3) is 0 Å². The minimum absolute atomic E-state index is 0.539. The van der Waals surface area contributed by atoms with E-state index in [1.807, 2.05) is 6.92 Å². The largest absolute Gasteiger partial charge is 0.365 e. The molecule has 1 saturated heterocycles. The van der Waals surface area contributed by atoms with Crippen LogP contribution in [0.15, 0.2) is 28.5 Å². The predicted octanol–water partition coefficient (Wildman–Crippen LogP) is 1.82. The predicted molar refractivity (Wildman–Crippen MR) is 54.4 cm³/mol. The van der Waals surface area contributed by atoms with E-state index in [1.54, 1.807) is 0 Å². The van der Waals surface area contributed by atoms with Gasteiger partial charge >= 0.3 is 0 Å². The molecule has 0 aromatic heterocycles. The van der Waals surface area contributed by atoms with Gasteiger partial charge < -0.3 is 4.90 Å². The van der Waals surface area contributed by atoms with E-state index >= 15 is 0 Å². The summed E-state index contributed by atoms with van der Waals surface area (Å²) in [4.78, 5) is 6.67. The van der Waals surface area contributed by atoms with Gasteiger partial charge in [0.1, 0.15) is 0 Å². The van der Waals surface area contributed by atoms with E-state index in [-0.39, 0.29) is 0 Å². The highest BCUT2D eigenvalue weighted by molar-refractivity contribution is 7.96. The molecule has 64 valence electrons. The molecule has 12 heavy (non-hydrogen) atoms. The fourth-order valence-electron chi connectivity index (χ4n) is 1.45. The molecule has 2 heterocycles. The van der Waals surface area contributed by atoms with Crippen LogP contribution >= 0.6 is 12.6 Å². The molecule has 1 atom stereocenters. The molecule has 0 N–H and O–H groups in total. The van der Waals surface area contributed by atoms with Crippen molar-refractivity contribution < 1.29 is 0 Å². The number of hydrogen-bond acceptors (Lipinski definition) is 2. The van der Waals surface area contributed by atoms with E-state index < -0.39 is 0 Å². The number of allylic oxidation sites excluding steroid dienone is 2. The SMILES string of the molecule is CC1=C(/N=C(/C)S)C2CN2C=C1. The molecule has 2 rings (SSSR count). The summed E-state index contributed by atoms with van der Waals surface area (Å²) in [6.45, 7) is 5.13. The van der Waals surface area contributed by atoms with Crippen molar-refractivity contribution in [3.05, 3.63) is 23.5 Å². The van der Waals surface area contributed by atoms with E-state index in [0.717, 1.165) is 11.6 Å². The van der Waals surface area contributed by atoms with Crippen LogP contribution in [0.4, 0.5) is 0 Å². The summed E-state index contributed by atoms with van der Waals surface area (Å²) >= 11 is 4.18. The van der Waals surface area contributed by atoms with Gasteiger partial charge in [0.25, 0.3) is 0 Å². The fraction of sp³-hybridized carbons (Fsp3) is 0.444. The van der Waals surface area contributed by atoms with Gasteiger partial charge in [-0.25, -0.2) is 4.99 Å². The number of nitrogens with zero attached hydrogens (tertiary/aromatic N) is 2. The molecule has 1 unspecified atom stereocenters. The van der Waals surface area contributed by atoms with E-state index in [2.05, 4.69) is 41.7 Å². The highest BCUT2D eigenvalue weighted by Gasteiger charge is 2.37. The van der Waals surface area contributed by atoms with E-state index in [0.29, 0.717) is 6.04 Å². The van der Waals surface area contributed by atoms with Gasteiger partial charge in [-0.05, 0) is 25.5 Å². The Morgan fingerprint density at radius 1 is 1.75 bits per heavy atom. The van der Waals surface area contributed by atoms with Gasteiger partial charge in [-0.3, -0.25) is 0 Å². The molecule has 2 nitrogen and oxygen atoms in total. The van der Waals surface area contributed by atoms with Crippen molar-refractivity contribution in [2.24, 2.45) is 4.99 Å². The maximum atomic E-state index is 4.41. The Kier molecular flexibility index (Phi) is 1.76. The standard InChI is InChI=1S/C9H12N2S/c1-6-3-4-11-5-8(11)9(6)10-7(2)12/h3-4,8H,5H2,1-2H3,(H,10,12). The van der Waals surface area contributed by atoms with E-state index in [4.69, 9.17) is 0 Å². The quantitative estimate of drug-likeness (QED) is 0.281. The second-order valence-electron chi connectivity index (χ2n) is 3.26. The monoisotopic (exact) mass is 180 g/mol. The summed E-state index contributed by atoms with van der Waals surface area (Å²) in [6, 6.07) is 0.539. The van der Waals surface area contributed by atoms with Crippen LogP contribution < -0.4 is 0 Å². The van der Waals surface area contributed by atoms with Crippen LogP contribution in [-0.4, -0.2) is 22.5 Å². The highest BCUT2D eigenvalue weighted by atomic mass is 32.1. The third kappa shape index (κ3) is 1.29. The third-order valence-corrected chi connectivity index (χ3v) is 2.27. The Morgan fingerprint density at radius 3 is 3.17 bits per heavy atom. The molecule has 2 aliphatic heterocycles. The summed E-state index contributed by atoms with van der Waals surface area (Å²) in [5, 5.41) is 0.839. The van der Waals surface area contributed by atoms with E-state index in [1.165, 1.54) is 11.3 Å². The Bertz CT molecular complexity index is 298. The normalized spacial score (nSPS) is 27.8. The van der Waals surface area contributed by atoms with Gasteiger partial charge in [0.2, 0.25) is 0 Å². The first kappa shape index (κ1) is 7.92. The molecule has 0 radical (unpaired) electrons. The van der Waals surface area contributed by atoms with Crippen LogP contribution in [0.3, 0.4) is 0 Å². The smallest absolute Gasteiger partial charge is 0.0886 e. The number of aliphatic imine (C=N–C) groups is 1. The second-order valence-corrected chi connectivity index (χ2v) is 3.90. The first-order valence-corrected chi connectivity index (χ1v) is 4.52. The summed E-state index contributed by atoms with van der Waals surface area (Å²) in [5.41, 5.74) is 2.45. The maximum Gasteiger partial charge on any atom is 0.0886 e. The zero-order chi connectivity index (χ0) is 8.72. The number of fused-ring (bicyclic) bond motifs is 1. The molecule has 2 aliphatic rings. The number of rotatable bonds is 1. The Balaban J connectivity index is 2.32. The average Bonchev–Trinajstić information content (AvgIpc) is 2.73. The summed E-state index contributed by atoms with van der Waals surface area (Å²) in [5.74, 6) is 0. The van der Waals surface area contributed by atoms with Crippen molar-refractivity contribution in [3.8, 4) is 0 Å². The Hall–Kier alpha value is -0.700. The van der Waals surface area contributed by atoms with Crippen molar-refractivity contribution in [1.29, 1.82) is 0 Å². The van der Waals surface area contributed by atoms with Crippen molar-refractivity contribution >= 4 is 17.7 Å². The van der Waals surface area contributed by atoms with E-state index in [9.17, 15) is 0 Å². The van der Waals surface area contributed by atoms with Crippen molar-refractivity contribution in [3.63, 3.8) is 0 Å². The minimum atomic E-state index is 0.539. The first-order valence-electron chi connectivity index (χ1n) is 4.07. The van der Waals surface area contributed by atoms with Crippen molar-refractivity contribution in [2.45, 2.75) is 19.9 Å². The topological polar surface area (TPSA) is 15.4 Å². The maximum absolute atomic E-state index is 4.41. The lowest BCUT2D eigenvalue weighted by Gasteiger charge is -2.09. The molecule has 0 saturated carbocycles. The first-order chi connectivity index (χ1) is 5.68. The van der Waals surface area contributed by atoms with Crippen LogP contribution in [0.2, 0.25) is 0 Å². The lowest BCUT2D eigenvalue weighted by atomic mass is 10.1. The van der Waals surface area contributed by atoms with Crippen LogP contribution in [0.5, 0.6) is 0 Å². The molecule has 0 bridgehead atoms. The van der Waals surface area contributed by atoms with Crippen LogP contribution in [0, 0.1) is 0 Å². The molecular formula is C9H12N2S. The summed E-state index contributed by atoms with van der Waals surface area (Å²) in [6.07, 6.45) is 4.24. The number of hydrogen-bond donors (Lipinski definition) is 1.